The Bertz CT molecular complexity index is 643. The molecule has 0 saturated carbocycles. The lowest BCUT2D eigenvalue weighted by molar-refractivity contribution is 0.518. The third kappa shape index (κ3) is 2.71. The molecule has 3 rings (SSSR count). The van der Waals surface area contributed by atoms with Crippen LogP contribution in [0.1, 0.15) is 30.0 Å². The summed E-state index contributed by atoms with van der Waals surface area (Å²) >= 11 is 3.54. The van der Waals surface area contributed by atoms with Crippen molar-refractivity contribution in [2.24, 2.45) is 0 Å². The lowest BCUT2D eigenvalue weighted by Crippen LogP contribution is -2.19. The fraction of sp³-hybridized carbons (Fsp3) is 0.267. The second-order valence-electron chi connectivity index (χ2n) is 4.47. The van der Waals surface area contributed by atoms with Gasteiger partial charge >= 0.3 is 0 Å². The van der Waals surface area contributed by atoms with Crippen LogP contribution >= 0.6 is 22.7 Å². The summed E-state index contributed by atoms with van der Waals surface area (Å²) in [5.74, 6) is 0. The Morgan fingerprint density at radius 1 is 1.26 bits per heavy atom. The number of aromatic nitrogens is 1. The lowest BCUT2D eigenvalue weighted by atomic mass is 10.1. The SMILES string of the molecule is CCC(NCc1csc2ccccc12)c1nccs1. The van der Waals surface area contributed by atoms with Crippen molar-refractivity contribution in [3.8, 4) is 0 Å². The average Bonchev–Trinajstić information content (AvgIpc) is 3.09. The Labute approximate surface area is 121 Å². The number of thiazole rings is 1. The topological polar surface area (TPSA) is 24.9 Å². The van der Waals surface area contributed by atoms with Crippen molar-refractivity contribution >= 4 is 32.8 Å². The molecular formula is C15H16N2S2. The Hall–Kier alpha value is -1.23. The van der Waals surface area contributed by atoms with E-state index in [4.69, 9.17) is 0 Å². The van der Waals surface area contributed by atoms with Crippen LogP contribution in [-0.2, 0) is 6.54 Å². The third-order valence-corrected chi connectivity index (χ3v) is 5.16. The molecule has 1 unspecified atom stereocenters. The van der Waals surface area contributed by atoms with Gasteiger partial charge in [0.25, 0.3) is 0 Å². The summed E-state index contributed by atoms with van der Waals surface area (Å²) in [6.45, 7) is 3.10. The van der Waals surface area contributed by atoms with Crippen LogP contribution in [-0.4, -0.2) is 4.98 Å². The van der Waals surface area contributed by atoms with Crippen molar-refractivity contribution in [2.75, 3.05) is 0 Å². The van der Waals surface area contributed by atoms with E-state index < -0.39 is 0 Å². The summed E-state index contributed by atoms with van der Waals surface area (Å²) in [6, 6.07) is 8.95. The molecule has 0 bridgehead atoms. The van der Waals surface area contributed by atoms with Gasteiger partial charge in [-0.05, 0) is 28.8 Å². The number of thiophene rings is 1. The molecule has 98 valence electrons. The van der Waals surface area contributed by atoms with Crippen molar-refractivity contribution in [3.05, 3.63) is 51.8 Å². The van der Waals surface area contributed by atoms with E-state index in [0.717, 1.165) is 13.0 Å². The van der Waals surface area contributed by atoms with Crippen LogP contribution in [0.15, 0.2) is 41.2 Å². The molecule has 2 heterocycles. The first kappa shape index (κ1) is 12.8. The van der Waals surface area contributed by atoms with Gasteiger partial charge in [0.2, 0.25) is 0 Å². The van der Waals surface area contributed by atoms with E-state index >= 15 is 0 Å². The number of fused-ring (bicyclic) bond motifs is 1. The lowest BCUT2D eigenvalue weighted by Gasteiger charge is -2.13. The van der Waals surface area contributed by atoms with Gasteiger partial charge in [0.15, 0.2) is 0 Å². The summed E-state index contributed by atoms with van der Waals surface area (Å²) in [4.78, 5) is 4.41. The van der Waals surface area contributed by atoms with Gasteiger partial charge in [0.1, 0.15) is 5.01 Å². The van der Waals surface area contributed by atoms with Crippen LogP contribution in [0.4, 0.5) is 0 Å². The molecule has 1 aromatic carbocycles. The zero-order chi connectivity index (χ0) is 13.1. The Kier molecular flexibility index (Phi) is 3.92. The average molecular weight is 288 g/mol. The minimum atomic E-state index is 0.360. The Balaban J connectivity index is 1.75. The monoisotopic (exact) mass is 288 g/mol. The predicted octanol–water partition coefficient (Wildman–Crippen LogP) is 4.60. The summed E-state index contributed by atoms with van der Waals surface area (Å²) in [7, 11) is 0. The second-order valence-corrected chi connectivity index (χ2v) is 6.31. The number of hydrogen-bond donors (Lipinski definition) is 1. The van der Waals surface area contributed by atoms with Gasteiger partial charge in [-0.2, -0.15) is 0 Å². The fourth-order valence-corrected chi connectivity index (χ4v) is 3.98. The summed E-state index contributed by atoms with van der Waals surface area (Å²) < 4.78 is 1.36. The largest absolute Gasteiger partial charge is 0.304 e. The molecule has 0 spiro atoms. The predicted molar refractivity (Wildman–Crippen MR) is 83.8 cm³/mol. The van der Waals surface area contributed by atoms with E-state index in [1.54, 1.807) is 11.3 Å². The number of rotatable bonds is 5. The highest BCUT2D eigenvalue weighted by atomic mass is 32.1. The number of hydrogen-bond acceptors (Lipinski definition) is 4. The van der Waals surface area contributed by atoms with E-state index in [1.165, 1.54) is 20.7 Å². The van der Waals surface area contributed by atoms with Crippen molar-refractivity contribution in [2.45, 2.75) is 25.9 Å². The van der Waals surface area contributed by atoms with Crippen molar-refractivity contribution in [1.29, 1.82) is 0 Å². The molecule has 4 heteroatoms. The van der Waals surface area contributed by atoms with E-state index in [0.29, 0.717) is 6.04 Å². The molecule has 19 heavy (non-hydrogen) atoms. The molecule has 0 saturated heterocycles. The zero-order valence-corrected chi connectivity index (χ0v) is 12.4. The maximum Gasteiger partial charge on any atom is 0.109 e. The number of nitrogens with one attached hydrogen (secondary N) is 1. The van der Waals surface area contributed by atoms with Crippen LogP contribution in [0, 0.1) is 0 Å². The van der Waals surface area contributed by atoms with Gasteiger partial charge in [-0.1, -0.05) is 25.1 Å². The highest BCUT2D eigenvalue weighted by Gasteiger charge is 2.12. The Morgan fingerprint density at radius 3 is 2.95 bits per heavy atom. The van der Waals surface area contributed by atoms with Gasteiger partial charge in [-0.3, -0.25) is 0 Å². The van der Waals surface area contributed by atoms with Crippen LogP contribution in [0.5, 0.6) is 0 Å². The van der Waals surface area contributed by atoms with Crippen LogP contribution in [0.3, 0.4) is 0 Å². The van der Waals surface area contributed by atoms with Gasteiger partial charge in [0, 0.05) is 22.8 Å². The van der Waals surface area contributed by atoms with E-state index in [2.05, 4.69) is 46.9 Å². The summed E-state index contributed by atoms with van der Waals surface area (Å²) in [6.07, 6.45) is 2.94. The molecule has 0 amide bonds. The first-order valence-electron chi connectivity index (χ1n) is 6.46. The van der Waals surface area contributed by atoms with Crippen LogP contribution in [0.2, 0.25) is 0 Å². The molecule has 3 aromatic rings. The van der Waals surface area contributed by atoms with Crippen molar-refractivity contribution < 1.29 is 0 Å². The highest BCUT2D eigenvalue weighted by Crippen LogP contribution is 2.26. The molecule has 0 aliphatic heterocycles. The quantitative estimate of drug-likeness (QED) is 0.742. The minimum absolute atomic E-state index is 0.360. The van der Waals surface area contributed by atoms with Crippen molar-refractivity contribution in [3.63, 3.8) is 0 Å². The molecule has 0 fully saturated rings. The van der Waals surface area contributed by atoms with Crippen LogP contribution < -0.4 is 5.32 Å². The normalized spacial score (nSPS) is 12.9. The first-order chi connectivity index (χ1) is 9.38. The molecular weight excluding hydrogens is 272 g/mol. The van der Waals surface area contributed by atoms with Gasteiger partial charge in [-0.15, -0.1) is 22.7 Å². The summed E-state index contributed by atoms with van der Waals surface area (Å²) in [5, 5.41) is 10.5. The fourth-order valence-electron chi connectivity index (χ4n) is 2.22. The number of nitrogens with zero attached hydrogens (tertiary/aromatic N) is 1. The van der Waals surface area contributed by atoms with E-state index in [1.807, 2.05) is 22.9 Å². The van der Waals surface area contributed by atoms with Gasteiger partial charge in [0.05, 0.1) is 6.04 Å². The number of benzene rings is 1. The maximum absolute atomic E-state index is 4.41. The minimum Gasteiger partial charge on any atom is -0.304 e. The molecule has 0 aliphatic carbocycles. The zero-order valence-electron chi connectivity index (χ0n) is 10.8. The van der Waals surface area contributed by atoms with Gasteiger partial charge in [-0.25, -0.2) is 4.98 Å². The van der Waals surface area contributed by atoms with E-state index in [-0.39, 0.29) is 0 Å². The molecule has 1 N–H and O–H groups in total. The van der Waals surface area contributed by atoms with E-state index in [9.17, 15) is 0 Å². The third-order valence-electron chi connectivity index (χ3n) is 3.26. The Morgan fingerprint density at radius 2 is 2.16 bits per heavy atom. The van der Waals surface area contributed by atoms with Crippen molar-refractivity contribution in [1.82, 2.24) is 10.3 Å². The standard InChI is InChI=1S/C15H16N2S2/c1-2-13(15-16-7-8-18-15)17-9-11-10-19-14-6-4-3-5-12(11)14/h3-8,10,13,17H,2,9H2,1H3. The molecule has 0 aliphatic rings. The second kappa shape index (κ2) is 5.82. The molecule has 0 radical (unpaired) electrons. The molecule has 2 aromatic heterocycles. The molecule has 1 atom stereocenters. The van der Waals surface area contributed by atoms with Gasteiger partial charge < -0.3 is 5.32 Å². The maximum atomic E-state index is 4.41. The smallest absolute Gasteiger partial charge is 0.109 e. The summed E-state index contributed by atoms with van der Waals surface area (Å²) in [5.41, 5.74) is 1.38. The molecule has 2 nitrogen and oxygen atoms in total. The highest BCUT2D eigenvalue weighted by molar-refractivity contribution is 7.17. The van der Waals surface area contributed by atoms with Crippen LogP contribution in [0.25, 0.3) is 10.1 Å². The first-order valence-corrected chi connectivity index (χ1v) is 8.22.